The molecule has 0 aromatic carbocycles. The van der Waals surface area contributed by atoms with Crippen LogP contribution in [-0.2, 0) is 6.54 Å². The molecule has 1 aliphatic rings. The lowest BCUT2D eigenvalue weighted by atomic mass is 10.2. The average Bonchev–Trinajstić information content (AvgIpc) is 2.70. The minimum atomic E-state index is 0.819. The van der Waals surface area contributed by atoms with E-state index in [4.69, 9.17) is 0 Å². The van der Waals surface area contributed by atoms with Crippen molar-refractivity contribution in [3.05, 3.63) is 29.6 Å². The van der Waals surface area contributed by atoms with Gasteiger partial charge in [-0.3, -0.25) is 9.98 Å². The van der Waals surface area contributed by atoms with Crippen molar-refractivity contribution in [2.75, 3.05) is 12.3 Å². The van der Waals surface area contributed by atoms with Crippen molar-refractivity contribution >= 4 is 16.9 Å². The Hall–Kier alpha value is -1.03. The molecule has 1 N–H and O–H groups in total. The molecule has 14 heavy (non-hydrogen) atoms. The number of hydrogen-bond donors (Lipinski definition) is 1. The maximum absolute atomic E-state index is 4.32. The second-order valence-corrected chi connectivity index (χ2v) is 4.28. The number of pyridine rings is 1. The summed E-state index contributed by atoms with van der Waals surface area (Å²) in [7, 11) is 0. The second-order valence-electron chi connectivity index (χ2n) is 3.20. The number of thioether (sulfide) groups is 1. The molecule has 0 saturated carbocycles. The van der Waals surface area contributed by atoms with E-state index in [1.165, 1.54) is 5.56 Å². The molecule has 1 aromatic heterocycles. The van der Waals surface area contributed by atoms with Gasteiger partial charge in [-0.15, -0.1) is 0 Å². The van der Waals surface area contributed by atoms with Crippen LogP contribution >= 0.6 is 11.8 Å². The molecule has 0 saturated heterocycles. The van der Waals surface area contributed by atoms with Crippen LogP contribution in [-0.4, -0.2) is 22.4 Å². The van der Waals surface area contributed by atoms with Crippen molar-refractivity contribution in [1.29, 1.82) is 0 Å². The molecule has 0 bridgehead atoms. The first-order chi connectivity index (χ1) is 6.84. The Morgan fingerprint density at radius 3 is 3.07 bits per heavy atom. The lowest BCUT2D eigenvalue weighted by Gasteiger charge is -2.04. The summed E-state index contributed by atoms with van der Waals surface area (Å²) >= 11 is 1.78. The summed E-state index contributed by atoms with van der Waals surface area (Å²) in [6.45, 7) is 3.76. The Kier molecular flexibility index (Phi) is 3.03. The molecule has 0 amide bonds. The number of aliphatic imine (C=N–C) groups is 1. The number of aryl methyl sites for hydroxylation is 1. The Morgan fingerprint density at radius 2 is 2.43 bits per heavy atom. The SMILES string of the molecule is Cc1ccc(CNC2=NCCS2)cn1. The average molecular weight is 207 g/mol. The van der Waals surface area contributed by atoms with Gasteiger partial charge in [0.15, 0.2) is 5.17 Å². The van der Waals surface area contributed by atoms with Crippen LogP contribution in [0.5, 0.6) is 0 Å². The zero-order chi connectivity index (χ0) is 9.80. The van der Waals surface area contributed by atoms with Gasteiger partial charge in [-0.05, 0) is 18.6 Å². The highest BCUT2D eigenvalue weighted by molar-refractivity contribution is 8.14. The molecule has 0 radical (unpaired) electrons. The third-order valence-corrected chi connectivity index (χ3v) is 2.94. The summed E-state index contributed by atoms with van der Waals surface area (Å²) in [5.74, 6) is 1.11. The van der Waals surface area contributed by atoms with Crippen molar-refractivity contribution in [2.45, 2.75) is 13.5 Å². The summed E-state index contributed by atoms with van der Waals surface area (Å²) < 4.78 is 0. The molecule has 0 fully saturated rings. The molecule has 0 aliphatic carbocycles. The van der Waals surface area contributed by atoms with E-state index in [1.807, 2.05) is 19.2 Å². The van der Waals surface area contributed by atoms with Gasteiger partial charge in [-0.2, -0.15) is 0 Å². The molecular formula is C10H13N3S. The predicted molar refractivity (Wildman–Crippen MR) is 60.6 cm³/mol. The van der Waals surface area contributed by atoms with Gasteiger partial charge < -0.3 is 5.32 Å². The zero-order valence-electron chi connectivity index (χ0n) is 8.16. The second kappa shape index (κ2) is 4.46. The van der Waals surface area contributed by atoms with E-state index < -0.39 is 0 Å². The number of aromatic nitrogens is 1. The Balaban J connectivity index is 1.88. The van der Waals surface area contributed by atoms with Crippen LogP contribution in [0.1, 0.15) is 11.3 Å². The first-order valence-corrected chi connectivity index (χ1v) is 5.66. The van der Waals surface area contributed by atoms with Gasteiger partial charge in [0.05, 0.1) is 6.54 Å². The van der Waals surface area contributed by atoms with Crippen molar-refractivity contribution in [3.8, 4) is 0 Å². The van der Waals surface area contributed by atoms with E-state index in [1.54, 1.807) is 11.8 Å². The van der Waals surface area contributed by atoms with E-state index >= 15 is 0 Å². The molecule has 0 unspecified atom stereocenters. The molecule has 2 heterocycles. The highest BCUT2D eigenvalue weighted by atomic mass is 32.2. The van der Waals surface area contributed by atoms with E-state index in [2.05, 4.69) is 21.4 Å². The Morgan fingerprint density at radius 1 is 1.50 bits per heavy atom. The lowest BCUT2D eigenvalue weighted by molar-refractivity contribution is 0.911. The largest absolute Gasteiger partial charge is 0.361 e. The normalized spacial score (nSPS) is 15.4. The first-order valence-electron chi connectivity index (χ1n) is 4.67. The molecule has 4 heteroatoms. The molecule has 2 rings (SSSR count). The number of rotatable bonds is 2. The molecule has 1 aromatic rings. The van der Waals surface area contributed by atoms with Crippen LogP contribution in [0, 0.1) is 6.92 Å². The fraction of sp³-hybridized carbons (Fsp3) is 0.400. The molecule has 3 nitrogen and oxygen atoms in total. The van der Waals surface area contributed by atoms with Crippen LogP contribution in [0.25, 0.3) is 0 Å². The maximum Gasteiger partial charge on any atom is 0.156 e. The first kappa shape index (κ1) is 9.52. The highest BCUT2D eigenvalue weighted by Gasteiger charge is 2.05. The van der Waals surface area contributed by atoms with Crippen LogP contribution in [0.2, 0.25) is 0 Å². The number of nitrogens with zero attached hydrogens (tertiary/aromatic N) is 2. The van der Waals surface area contributed by atoms with Crippen LogP contribution in [0.3, 0.4) is 0 Å². The van der Waals surface area contributed by atoms with Crippen molar-refractivity contribution in [1.82, 2.24) is 10.3 Å². The third kappa shape index (κ3) is 2.48. The number of hydrogen-bond acceptors (Lipinski definition) is 4. The predicted octanol–water partition coefficient (Wildman–Crippen LogP) is 1.58. The molecule has 74 valence electrons. The minimum Gasteiger partial charge on any atom is -0.361 e. The van der Waals surface area contributed by atoms with Crippen LogP contribution < -0.4 is 5.32 Å². The van der Waals surface area contributed by atoms with Gasteiger partial charge in [0.25, 0.3) is 0 Å². The van der Waals surface area contributed by atoms with Crippen LogP contribution in [0.4, 0.5) is 0 Å². The monoisotopic (exact) mass is 207 g/mol. The smallest absolute Gasteiger partial charge is 0.156 e. The Labute approximate surface area is 88.0 Å². The lowest BCUT2D eigenvalue weighted by Crippen LogP contribution is -2.18. The summed E-state index contributed by atoms with van der Waals surface area (Å²) in [5.41, 5.74) is 2.26. The van der Waals surface area contributed by atoms with E-state index in [-0.39, 0.29) is 0 Å². The molecule has 0 spiro atoms. The quantitative estimate of drug-likeness (QED) is 0.800. The topological polar surface area (TPSA) is 37.3 Å². The highest BCUT2D eigenvalue weighted by Crippen LogP contribution is 2.09. The van der Waals surface area contributed by atoms with Gasteiger partial charge in [0.2, 0.25) is 0 Å². The van der Waals surface area contributed by atoms with Crippen molar-refractivity contribution in [2.24, 2.45) is 4.99 Å². The van der Waals surface area contributed by atoms with Crippen molar-refractivity contribution in [3.63, 3.8) is 0 Å². The summed E-state index contributed by atoms with van der Waals surface area (Å²) in [5, 5.41) is 4.35. The number of nitrogens with one attached hydrogen (secondary N) is 1. The summed E-state index contributed by atoms with van der Waals surface area (Å²) in [6.07, 6.45) is 1.91. The van der Waals surface area contributed by atoms with Crippen molar-refractivity contribution < 1.29 is 0 Å². The Bertz CT molecular complexity index is 332. The number of amidine groups is 1. The van der Waals surface area contributed by atoms with Gasteiger partial charge in [0, 0.05) is 24.2 Å². The maximum atomic E-state index is 4.32. The van der Waals surface area contributed by atoms with E-state index in [9.17, 15) is 0 Å². The fourth-order valence-corrected chi connectivity index (χ4v) is 1.96. The van der Waals surface area contributed by atoms with E-state index in [0.29, 0.717) is 0 Å². The summed E-state index contributed by atoms with van der Waals surface area (Å²) in [4.78, 5) is 8.55. The van der Waals surface area contributed by atoms with Gasteiger partial charge >= 0.3 is 0 Å². The minimum absolute atomic E-state index is 0.819. The zero-order valence-corrected chi connectivity index (χ0v) is 8.97. The molecule has 0 atom stereocenters. The fourth-order valence-electron chi connectivity index (χ4n) is 1.22. The van der Waals surface area contributed by atoms with Gasteiger partial charge in [0.1, 0.15) is 0 Å². The summed E-state index contributed by atoms with van der Waals surface area (Å²) in [6, 6.07) is 4.12. The third-order valence-electron chi connectivity index (χ3n) is 2.00. The van der Waals surface area contributed by atoms with E-state index in [0.717, 1.165) is 29.7 Å². The van der Waals surface area contributed by atoms with Gasteiger partial charge in [-0.1, -0.05) is 17.8 Å². The van der Waals surface area contributed by atoms with Crippen LogP contribution in [0.15, 0.2) is 23.3 Å². The standard InChI is InChI=1S/C10H13N3S/c1-8-2-3-9(6-12-8)7-13-10-11-4-5-14-10/h2-3,6H,4-5,7H2,1H3,(H,11,13). The van der Waals surface area contributed by atoms with Gasteiger partial charge in [-0.25, -0.2) is 0 Å². The molecule has 1 aliphatic heterocycles. The molecular weight excluding hydrogens is 194 g/mol.